The standard InChI is InChI=1S/C33H39N7O2/c1-22-5-12-27(13-6-22)40-30(20-28(38-40)33(2,3)4)37-32(42)36-26-10-7-23(8-11-26)19-24-15-17-39(18-16-24)31(41)25-9-14-29(34)35-21-25/h5-14,20-21,24H,15-19H2,1-4H3,(H2,34,35)(H2,36,37,42). The van der Waals surface area contributed by atoms with Gasteiger partial charge in [-0.2, -0.15) is 5.10 Å². The highest BCUT2D eigenvalue weighted by molar-refractivity contribution is 5.99. The first-order chi connectivity index (χ1) is 20.0. The zero-order valence-electron chi connectivity index (χ0n) is 24.7. The summed E-state index contributed by atoms with van der Waals surface area (Å²) in [5.41, 5.74) is 10.9. The first kappa shape index (κ1) is 28.9. The van der Waals surface area contributed by atoms with Crippen LogP contribution in [0.25, 0.3) is 5.69 Å². The molecule has 2 aromatic carbocycles. The minimum atomic E-state index is -0.329. The third kappa shape index (κ3) is 6.97. The Morgan fingerprint density at radius 3 is 2.26 bits per heavy atom. The van der Waals surface area contributed by atoms with Gasteiger partial charge in [0.1, 0.15) is 11.6 Å². The summed E-state index contributed by atoms with van der Waals surface area (Å²) >= 11 is 0. The first-order valence-electron chi connectivity index (χ1n) is 14.4. The molecule has 0 spiro atoms. The molecule has 9 heteroatoms. The monoisotopic (exact) mass is 565 g/mol. The summed E-state index contributed by atoms with van der Waals surface area (Å²) in [6.07, 6.45) is 4.37. The number of hydrogen-bond acceptors (Lipinski definition) is 5. The third-order valence-corrected chi connectivity index (χ3v) is 7.67. The summed E-state index contributed by atoms with van der Waals surface area (Å²) in [6, 6.07) is 21.0. The zero-order chi connectivity index (χ0) is 29.9. The van der Waals surface area contributed by atoms with Crippen molar-refractivity contribution in [3.8, 4) is 5.69 Å². The summed E-state index contributed by atoms with van der Waals surface area (Å²) in [4.78, 5) is 31.7. The number of pyridine rings is 1. The summed E-state index contributed by atoms with van der Waals surface area (Å²) in [5, 5.41) is 10.7. The smallest absolute Gasteiger partial charge is 0.324 e. The van der Waals surface area contributed by atoms with Crippen LogP contribution in [0.1, 0.15) is 60.8 Å². The molecule has 0 radical (unpaired) electrons. The average molecular weight is 566 g/mol. The Labute approximate surface area is 247 Å². The Morgan fingerprint density at radius 1 is 0.952 bits per heavy atom. The number of amides is 3. The minimum absolute atomic E-state index is 0.00574. The molecule has 1 fully saturated rings. The van der Waals surface area contributed by atoms with Crippen molar-refractivity contribution in [2.45, 2.75) is 52.4 Å². The number of rotatable bonds is 6. The lowest BCUT2D eigenvalue weighted by Gasteiger charge is -2.32. The maximum Gasteiger partial charge on any atom is 0.324 e. The molecule has 3 heterocycles. The number of nitrogens with two attached hydrogens (primary N) is 1. The largest absolute Gasteiger partial charge is 0.384 e. The second kappa shape index (κ2) is 12.1. The number of carbonyl (C=O) groups excluding carboxylic acids is 2. The van der Waals surface area contributed by atoms with Crippen molar-refractivity contribution in [3.05, 3.63) is 95.3 Å². The normalized spacial score (nSPS) is 14.0. The molecule has 4 aromatic rings. The lowest BCUT2D eigenvalue weighted by molar-refractivity contribution is 0.0690. The molecular formula is C33H39N7O2. The van der Waals surface area contributed by atoms with Crippen LogP contribution in [-0.4, -0.2) is 44.7 Å². The van der Waals surface area contributed by atoms with Crippen LogP contribution in [0.3, 0.4) is 0 Å². The van der Waals surface area contributed by atoms with Gasteiger partial charge in [0.15, 0.2) is 0 Å². The number of nitrogens with zero attached hydrogens (tertiary/aromatic N) is 4. The quantitative estimate of drug-likeness (QED) is 0.257. The molecule has 5 rings (SSSR count). The van der Waals surface area contributed by atoms with Crippen molar-refractivity contribution in [2.24, 2.45) is 5.92 Å². The Hall–Kier alpha value is -4.66. The van der Waals surface area contributed by atoms with Gasteiger partial charge in [0.05, 0.1) is 16.9 Å². The zero-order valence-corrected chi connectivity index (χ0v) is 24.7. The van der Waals surface area contributed by atoms with Gasteiger partial charge in [-0.05, 0) is 74.1 Å². The van der Waals surface area contributed by atoms with Crippen molar-refractivity contribution in [3.63, 3.8) is 0 Å². The number of aryl methyl sites for hydroxylation is 1. The van der Waals surface area contributed by atoms with E-state index in [2.05, 4.69) is 48.5 Å². The van der Waals surface area contributed by atoms with Crippen molar-refractivity contribution in [1.29, 1.82) is 0 Å². The van der Waals surface area contributed by atoms with E-state index in [0.29, 0.717) is 28.8 Å². The van der Waals surface area contributed by atoms with Gasteiger partial charge in [0.25, 0.3) is 5.91 Å². The number of urea groups is 1. The molecule has 1 aliphatic rings. The van der Waals surface area contributed by atoms with Crippen LogP contribution >= 0.6 is 0 Å². The van der Waals surface area contributed by atoms with E-state index in [1.54, 1.807) is 23.0 Å². The number of piperidine rings is 1. The highest BCUT2D eigenvalue weighted by Gasteiger charge is 2.24. The molecule has 3 amide bonds. The fraction of sp³-hybridized carbons (Fsp3) is 0.333. The van der Waals surface area contributed by atoms with Gasteiger partial charge < -0.3 is 16.0 Å². The molecule has 4 N–H and O–H groups in total. The van der Waals surface area contributed by atoms with Gasteiger partial charge in [-0.1, -0.05) is 50.6 Å². The van der Waals surface area contributed by atoms with Gasteiger partial charge in [0, 0.05) is 36.5 Å². The molecule has 1 aliphatic heterocycles. The molecule has 0 saturated carbocycles. The second-order valence-electron chi connectivity index (χ2n) is 12.1. The summed E-state index contributed by atoms with van der Waals surface area (Å²) < 4.78 is 1.77. The molecule has 1 saturated heterocycles. The van der Waals surface area contributed by atoms with Crippen LogP contribution in [0.4, 0.5) is 22.1 Å². The van der Waals surface area contributed by atoms with Crippen LogP contribution in [0.5, 0.6) is 0 Å². The molecule has 218 valence electrons. The average Bonchev–Trinajstić information content (AvgIpc) is 3.39. The predicted octanol–water partition coefficient (Wildman–Crippen LogP) is 6.19. The summed E-state index contributed by atoms with van der Waals surface area (Å²) in [5.74, 6) is 1.52. The van der Waals surface area contributed by atoms with E-state index in [-0.39, 0.29) is 17.4 Å². The van der Waals surface area contributed by atoms with Crippen LogP contribution in [0.15, 0.2) is 72.9 Å². The number of likely N-dealkylation sites (tertiary alicyclic amines) is 1. The van der Waals surface area contributed by atoms with E-state index < -0.39 is 0 Å². The fourth-order valence-electron chi connectivity index (χ4n) is 5.11. The molecular weight excluding hydrogens is 526 g/mol. The van der Waals surface area contributed by atoms with Gasteiger partial charge >= 0.3 is 6.03 Å². The lowest BCUT2D eigenvalue weighted by atomic mass is 9.90. The Morgan fingerprint density at radius 2 is 1.64 bits per heavy atom. The molecule has 9 nitrogen and oxygen atoms in total. The SMILES string of the molecule is Cc1ccc(-n2nc(C(C)(C)C)cc2NC(=O)Nc2ccc(CC3CCN(C(=O)c4ccc(N)nc4)CC3)cc2)cc1. The van der Waals surface area contributed by atoms with E-state index in [4.69, 9.17) is 10.8 Å². The number of hydrogen-bond donors (Lipinski definition) is 3. The van der Waals surface area contributed by atoms with Crippen molar-refractivity contribution in [2.75, 3.05) is 29.5 Å². The van der Waals surface area contributed by atoms with Gasteiger partial charge in [-0.3, -0.25) is 10.1 Å². The molecule has 0 aliphatic carbocycles. The molecule has 0 unspecified atom stereocenters. The predicted molar refractivity (Wildman–Crippen MR) is 167 cm³/mol. The number of benzene rings is 2. The Balaban J connectivity index is 1.16. The Bertz CT molecular complexity index is 1530. The highest BCUT2D eigenvalue weighted by atomic mass is 16.2. The third-order valence-electron chi connectivity index (χ3n) is 7.67. The number of nitrogens with one attached hydrogen (secondary N) is 2. The summed E-state index contributed by atoms with van der Waals surface area (Å²) in [7, 11) is 0. The van der Waals surface area contributed by atoms with Gasteiger partial charge in [0.2, 0.25) is 0 Å². The first-order valence-corrected chi connectivity index (χ1v) is 14.4. The summed E-state index contributed by atoms with van der Waals surface area (Å²) in [6.45, 7) is 9.79. The van der Waals surface area contributed by atoms with Gasteiger partial charge in [-0.25, -0.2) is 14.5 Å². The molecule has 42 heavy (non-hydrogen) atoms. The maximum atomic E-state index is 13.0. The maximum absolute atomic E-state index is 13.0. The van der Waals surface area contributed by atoms with Crippen molar-refractivity contribution < 1.29 is 9.59 Å². The van der Waals surface area contributed by atoms with Crippen molar-refractivity contribution >= 4 is 29.3 Å². The van der Waals surface area contributed by atoms with Gasteiger partial charge in [-0.15, -0.1) is 0 Å². The van der Waals surface area contributed by atoms with Crippen LogP contribution in [0.2, 0.25) is 0 Å². The minimum Gasteiger partial charge on any atom is -0.384 e. The highest BCUT2D eigenvalue weighted by Crippen LogP contribution is 2.27. The van der Waals surface area contributed by atoms with E-state index in [1.165, 1.54) is 5.56 Å². The number of anilines is 3. The van der Waals surface area contributed by atoms with E-state index >= 15 is 0 Å². The fourth-order valence-corrected chi connectivity index (χ4v) is 5.11. The molecule has 0 atom stereocenters. The number of aromatic nitrogens is 3. The van der Waals surface area contributed by atoms with E-state index in [9.17, 15) is 9.59 Å². The van der Waals surface area contributed by atoms with Crippen LogP contribution < -0.4 is 16.4 Å². The number of nitrogen functional groups attached to an aromatic ring is 1. The molecule has 2 aromatic heterocycles. The van der Waals surface area contributed by atoms with E-state index in [1.807, 2.05) is 54.3 Å². The van der Waals surface area contributed by atoms with Crippen LogP contribution in [0, 0.1) is 12.8 Å². The molecule has 0 bridgehead atoms. The van der Waals surface area contributed by atoms with Crippen molar-refractivity contribution in [1.82, 2.24) is 19.7 Å². The van der Waals surface area contributed by atoms with Crippen LogP contribution in [-0.2, 0) is 11.8 Å². The lowest BCUT2D eigenvalue weighted by Crippen LogP contribution is -2.39. The second-order valence-corrected chi connectivity index (χ2v) is 12.1. The Kier molecular flexibility index (Phi) is 8.29. The topological polar surface area (TPSA) is 118 Å². The number of carbonyl (C=O) groups is 2. The van der Waals surface area contributed by atoms with E-state index in [0.717, 1.165) is 49.3 Å².